The quantitative estimate of drug-likeness (QED) is 0.433. The molecule has 2 aromatic rings. The Hall–Kier alpha value is -3.01. The summed E-state index contributed by atoms with van der Waals surface area (Å²) in [5, 5.41) is 3.25. The van der Waals surface area contributed by atoms with Gasteiger partial charge in [-0.1, -0.05) is 13.8 Å². The first kappa shape index (κ1) is 25.1. The summed E-state index contributed by atoms with van der Waals surface area (Å²) in [6, 6.07) is 1.83. The highest BCUT2D eigenvalue weighted by Crippen LogP contribution is 2.41. The van der Waals surface area contributed by atoms with Crippen molar-refractivity contribution < 1.29 is 18.3 Å². The van der Waals surface area contributed by atoms with E-state index >= 15 is 4.39 Å². The van der Waals surface area contributed by atoms with Gasteiger partial charge in [0.1, 0.15) is 17.3 Å². The minimum Gasteiger partial charge on any atom is -0.491 e. The molecule has 4 rings (SSSR count). The van der Waals surface area contributed by atoms with Crippen LogP contribution in [0, 0.1) is 11.6 Å². The van der Waals surface area contributed by atoms with E-state index < -0.39 is 23.4 Å². The number of rotatable bonds is 12. The van der Waals surface area contributed by atoms with Crippen molar-refractivity contribution in [3.8, 4) is 5.75 Å². The van der Waals surface area contributed by atoms with Crippen LogP contribution in [0.3, 0.4) is 0 Å². The molecule has 0 spiro atoms. The molecule has 2 aliphatic rings. The maximum absolute atomic E-state index is 15.1. The van der Waals surface area contributed by atoms with E-state index in [1.54, 1.807) is 18.0 Å². The Morgan fingerprint density at radius 3 is 2.63 bits per heavy atom. The number of nitrogens with one attached hydrogen (secondary N) is 1. The summed E-state index contributed by atoms with van der Waals surface area (Å²) in [6.45, 7) is 10.1. The van der Waals surface area contributed by atoms with E-state index in [4.69, 9.17) is 4.74 Å². The average Bonchev–Trinajstić information content (AvgIpc) is 3.69. The normalized spacial score (nSPS) is 15.5. The Morgan fingerprint density at radius 2 is 1.94 bits per heavy atom. The largest absolute Gasteiger partial charge is 0.491 e. The van der Waals surface area contributed by atoms with Crippen LogP contribution in [0.15, 0.2) is 18.3 Å². The van der Waals surface area contributed by atoms with Crippen LogP contribution >= 0.6 is 0 Å². The van der Waals surface area contributed by atoms with E-state index in [-0.39, 0.29) is 24.9 Å². The van der Waals surface area contributed by atoms with Gasteiger partial charge in [0.05, 0.1) is 13.2 Å². The number of hydrogen-bond donors (Lipinski definition) is 1. The van der Waals surface area contributed by atoms with Crippen LogP contribution in [0.25, 0.3) is 0 Å². The number of hydrogen-bond acceptors (Lipinski definition) is 6. The monoisotopic (exact) mass is 488 g/mol. The van der Waals surface area contributed by atoms with Crippen molar-refractivity contribution in [2.75, 3.05) is 47.9 Å². The van der Waals surface area contributed by atoms with Crippen LogP contribution in [-0.4, -0.2) is 59.7 Å². The number of unbranched alkanes of at least 4 members (excludes halogenated alkanes) is 1. The predicted octanol–water partition coefficient (Wildman–Crippen LogP) is 4.80. The third kappa shape index (κ3) is 5.47. The van der Waals surface area contributed by atoms with Gasteiger partial charge in [-0.05, 0) is 64.4 Å². The molecule has 1 N–H and O–H groups in total. The van der Waals surface area contributed by atoms with Gasteiger partial charge in [0, 0.05) is 24.3 Å². The summed E-state index contributed by atoms with van der Waals surface area (Å²) < 4.78 is 35.2. The molecule has 1 aliphatic carbocycles. The molecular weight excluding hydrogens is 454 g/mol. The van der Waals surface area contributed by atoms with E-state index in [0.29, 0.717) is 17.3 Å². The number of anilines is 3. The molecule has 0 bridgehead atoms. The number of carbonyl (C=O) groups is 1. The number of halogens is 2. The second kappa shape index (κ2) is 11.2. The smallest absolute Gasteiger partial charge is 0.330 e. The number of nitrogens with zero attached hydrogens (tertiary/aromatic N) is 5. The SMILES string of the molecule is CCOc1ccc(F)c(N2Cc3cnc(NCCCCN(CC)CC)nc3N(C3CC3)C2=O)c1F. The lowest BCUT2D eigenvalue weighted by atomic mass is 10.1. The third-order valence-corrected chi connectivity index (χ3v) is 6.43. The summed E-state index contributed by atoms with van der Waals surface area (Å²) in [6.07, 6.45) is 5.32. The number of urea groups is 1. The Labute approximate surface area is 205 Å². The fourth-order valence-electron chi connectivity index (χ4n) is 4.34. The maximum Gasteiger partial charge on any atom is 0.330 e. The molecular formula is C25H34F2N6O2. The van der Waals surface area contributed by atoms with Gasteiger partial charge in [-0.15, -0.1) is 0 Å². The first-order chi connectivity index (χ1) is 17.0. The number of amides is 2. The summed E-state index contributed by atoms with van der Waals surface area (Å²) in [4.78, 5) is 27.6. The molecule has 8 nitrogen and oxygen atoms in total. The standard InChI is InChI=1S/C25H34F2N6O2/c1-4-31(5-2)14-8-7-13-28-24-29-15-17-16-32(25(34)33(18-9-10-18)23(17)30-24)22-19(26)11-12-20(21(22)27)35-6-3/h11-12,15,18H,4-10,13-14,16H2,1-3H3,(H,28,29,30). The second-order valence-electron chi connectivity index (χ2n) is 8.81. The molecule has 1 aromatic heterocycles. The maximum atomic E-state index is 15.1. The zero-order valence-electron chi connectivity index (χ0n) is 20.7. The minimum atomic E-state index is -0.886. The Kier molecular flexibility index (Phi) is 8.00. The Balaban J connectivity index is 1.52. The number of carbonyl (C=O) groups excluding carboxylic acids is 1. The minimum absolute atomic E-state index is 0.0229. The lowest BCUT2D eigenvalue weighted by Crippen LogP contribution is -2.49. The lowest BCUT2D eigenvalue weighted by Gasteiger charge is -2.36. The fourth-order valence-corrected chi connectivity index (χ4v) is 4.34. The first-order valence-corrected chi connectivity index (χ1v) is 12.5. The molecule has 10 heteroatoms. The van der Waals surface area contributed by atoms with Gasteiger partial charge in [-0.3, -0.25) is 9.80 Å². The highest BCUT2D eigenvalue weighted by Gasteiger charge is 2.43. The number of fused-ring (bicyclic) bond motifs is 1. The number of aromatic nitrogens is 2. The molecule has 2 amide bonds. The van der Waals surface area contributed by atoms with E-state index in [1.807, 2.05) is 0 Å². The zero-order chi connectivity index (χ0) is 24.9. The molecule has 2 heterocycles. The lowest BCUT2D eigenvalue weighted by molar-refractivity contribution is 0.249. The predicted molar refractivity (Wildman–Crippen MR) is 132 cm³/mol. The van der Waals surface area contributed by atoms with Gasteiger partial charge < -0.3 is 15.0 Å². The van der Waals surface area contributed by atoms with Gasteiger partial charge in [0.2, 0.25) is 5.95 Å². The van der Waals surface area contributed by atoms with Gasteiger partial charge >= 0.3 is 6.03 Å². The molecule has 1 saturated carbocycles. The average molecular weight is 489 g/mol. The van der Waals surface area contributed by atoms with Crippen molar-refractivity contribution in [1.29, 1.82) is 0 Å². The van der Waals surface area contributed by atoms with Crippen molar-refractivity contribution in [2.24, 2.45) is 0 Å². The van der Waals surface area contributed by atoms with Crippen LogP contribution in [0.2, 0.25) is 0 Å². The molecule has 0 unspecified atom stereocenters. The van der Waals surface area contributed by atoms with Crippen LogP contribution in [-0.2, 0) is 6.54 Å². The molecule has 35 heavy (non-hydrogen) atoms. The summed E-state index contributed by atoms with van der Waals surface area (Å²) in [7, 11) is 0. The Bertz CT molecular complexity index is 1040. The molecule has 0 atom stereocenters. The van der Waals surface area contributed by atoms with Crippen molar-refractivity contribution >= 4 is 23.5 Å². The van der Waals surface area contributed by atoms with E-state index in [2.05, 4.69) is 34.0 Å². The highest BCUT2D eigenvalue weighted by atomic mass is 19.1. The molecule has 1 aliphatic heterocycles. The molecule has 0 saturated heterocycles. The van der Waals surface area contributed by atoms with Gasteiger partial charge in [0.15, 0.2) is 11.6 Å². The summed E-state index contributed by atoms with van der Waals surface area (Å²) >= 11 is 0. The highest BCUT2D eigenvalue weighted by molar-refractivity contribution is 6.06. The number of ether oxygens (including phenoxy) is 1. The van der Waals surface area contributed by atoms with Crippen molar-refractivity contribution in [2.45, 2.75) is 59.0 Å². The molecule has 1 aromatic carbocycles. The second-order valence-corrected chi connectivity index (χ2v) is 8.81. The van der Waals surface area contributed by atoms with Crippen molar-refractivity contribution in [3.63, 3.8) is 0 Å². The molecule has 190 valence electrons. The van der Waals surface area contributed by atoms with Gasteiger partial charge in [0.25, 0.3) is 0 Å². The molecule has 1 fully saturated rings. The van der Waals surface area contributed by atoms with Crippen molar-refractivity contribution in [1.82, 2.24) is 14.9 Å². The fraction of sp³-hybridized carbons (Fsp3) is 0.560. The topological polar surface area (TPSA) is 73.8 Å². The number of benzene rings is 1. The third-order valence-electron chi connectivity index (χ3n) is 6.43. The van der Waals surface area contributed by atoms with E-state index in [0.717, 1.165) is 62.8 Å². The summed E-state index contributed by atoms with van der Waals surface area (Å²) in [5.74, 6) is -0.826. The van der Waals surface area contributed by atoms with Crippen LogP contribution < -0.4 is 19.9 Å². The Morgan fingerprint density at radius 1 is 1.17 bits per heavy atom. The van der Waals surface area contributed by atoms with Crippen LogP contribution in [0.5, 0.6) is 5.75 Å². The molecule has 0 radical (unpaired) electrons. The zero-order valence-corrected chi connectivity index (χ0v) is 20.7. The van der Waals surface area contributed by atoms with Crippen LogP contribution in [0.1, 0.15) is 52.0 Å². The van der Waals surface area contributed by atoms with Crippen molar-refractivity contribution in [3.05, 3.63) is 35.5 Å². The van der Waals surface area contributed by atoms with Gasteiger partial charge in [-0.2, -0.15) is 4.98 Å². The van der Waals surface area contributed by atoms with E-state index in [9.17, 15) is 9.18 Å². The van der Waals surface area contributed by atoms with Gasteiger partial charge in [-0.25, -0.2) is 18.6 Å². The van der Waals surface area contributed by atoms with Crippen LogP contribution in [0.4, 0.5) is 31.0 Å². The summed E-state index contributed by atoms with van der Waals surface area (Å²) in [5.41, 5.74) is 0.233. The van der Waals surface area contributed by atoms with E-state index in [1.165, 1.54) is 6.07 Å². The first-order valence-electron chi connectivity index (χ1n) is 12.5.